The van der Waals surface area contributed by atoms with Crippen LogP contribution >= 0.6 is 0 Å². The Morgan fingerprint density at radius 1 is 1.45 bits per heavy atom. The third-order valence-electron chi connectivity index (χ3n) is 4.12. The molecule has 0 aliphatic heterocycles. The number of nitrogen functional groups attached to an aromatic ring is 1. The van der Waals surface area contributed by atoms with E-state index in [0.717, 1.165) is 12.3 Å². The van der Waals surface area contributed by atoms with Gasteiger partial charge in [0.1, 0.15) is 5.82 Å². The molecular formula is C16H23FN2O. The molecule has 0 spiro atoms. The largest absolute Gasteiger partial charge is 0.399 e. The van der Waals surface area contributed by atoms with Gasteiger partial charge in [-0.05, 0) is 42.9 Å². The van der Waals surface area contributed by atoms with Crippen LogP contribution in [0.2, 0.25) is 0 Å². The summed E-state index contributed by atoms with van der Waals surface area (Å²) in [4.78, 5) is 11.9. The minimum atomic E-state index is -0.561. The molecule has 20 heavy (non-hydrogen) atoms. The van der Waals surface area contributed by atoms with E-state index in [1.165, 1.54) is 37.8 Å². The molecule has 0 heterocycles. The maximum absolute atomic E-state index is 13.6. The minimum absolute atomic E-state index is 0.0659. The molecule has 0 radical (unpaired) electrons. The topological polar surface area (TPSA) is 55.1 Å². The van der Waals surface area contributed by atoms with E-state index in [0.29, 0.717) is 18.2 Å². The lowest BCUT2D eigenvalue weighted by Crippen LogP contribution is -2.27. The number of anilines is 1. The molecule has 1 saturated carbocycles. The average molecular weight is 278 g/mol. The van der Waals surface area contributed by atoms with Crippen LogP contribution in [0.1, 0.15) is 49.4 Å². The second kappa shape index (κ2) is 6.73. The molecule has 110 valence electrons. The molecule has 2 rings (SSSR count). The number of hydrogen-bond acceptors (Lipinski definition) is 2. The van der Waals surface area contributed by atoms with Crippen LogP contribution in [0.15, 0.2) is 18.2 Å². The molecule has 1 aromatic rings. The van der Waals surface area contributed by atoms with E-state index in [1.807, 2.05) is 0 Å². The SMILES string of the molecule is CC1CCCC(CCNC(=O)c2ccc(N)cc2F)C1. The first-order valence-corrected chi connectivity index (χ1v) is 7.39. The molecule has 3 N–H and O–H groups in total. The molecule has 1 aromatic carbocycles. The van der Waals surface area contributed by atoms with Gasteiger partial charge in [0.05, 0.1) is 5.56 Å². The maximum Gasteiger partial charge on any atom is 0.254 e. The number of carbonyl (C=O) groups excluding carboxylic acids is 1. The predicted octanol–water partition coefficient (Wildman–Crippen LogP) is 3.35. The first kappa shape index (κ1) is 14.8. The summed E-state index contributed by atoms with van der Waals surface area (Å²) in [5.74, 6) is 0.564. The molecule has 2 atom stereocenters. The van der Waals surface area contributed by atoms with Gasteiger partial charge >= 0.3 is 0 Å². The van der Waals surface area contributed by atoms with Crippen molar-refractivity contribution in [1.82, 2.24) is 5.32 Å². The molecule has 0 saturated heterocycles. The van der Waals surface area contributed by atoms with Gasteiger partial charge in [0.2, 0.25) is 0 Å². The van der Waals surface area contributed by atoms with E-state index in [9.17, 15) is 9.18 Å². The van der Waals surface area contributed by atoms with Crippen LogP contribution in [-0.4, -0.2) is 12.5 Å². The third-order valence-corrected chi connectivity index (χ3v) is 4.12. The highest BCUT2D eigenvalue weighted by Crippen LogP contribution is 2.30. The van der Waals surface area contributed by atoms with Gasteiger partial charge in [-0.2, -0.15) is 0 Å². The van der Waals surface area contributed by atoms with Crippen LogP contribution < -0.4 is 11.1 Å². The lowest BCUT2D eigenvalue weighted by atomic mass is 9.81. The van der Waals surface area contributed by atoms with Crippen molar-refractivity contribution in [3.05, 3.63) is 29.6 Å². The van der Waals surface area contributed by atoms with Gasteiger partial charge in [0.15, 0.2) is 0 Å². The molecule has 0 aromatic heterocycles. The monoisotopic (exact) mass is 278 g/mol. The van der Waals surface area contributed by atoms with E-state index in [4.69, 9.17) is 5.73 Å². The summed E-state index contributed by atoms with van der Waals surface area (Å²) in [7, 11) is 0. The lowest BCUT2D eigenvalue weighted by molar-refractivity contribution is 0.0945. The summed E-state index contributed by atoms with van der Waals surface area (Å²) in [5, 5.41) is 2.80. The number of hydrogen-bond donors (Lipinski definition) is 2. The van der Waals surface area contributed by atoms with Crippen molar-refractivity contribution in [2.24, 2.45) is 11.8 Å². The van der Waals surface area contributed by atoms with Crippen LogP contribution in [0.4, 0.5) is 10.1 Å². The summed E-state index contributed by atoms with van der Waals surface area (Å²) in [6.07, 6.45) is 6.07. The summed E-state index contributed by atoms with van der Waals surface area (Å²) >= 11 is 0. The van der Waals surface area contributed by atoms with E-state index in [-0.39, 0.29) is 11.5 Å². The second-order valence-electron chi connectivity index (χ2n) is 5.92. The molecule has 3 nitrogen and oxygen atoms in total. The Balaban J connectivity index is 1.80. The van der Waals surface area contributed by atoms with Crippen molar-refractivity contribution in [2.75, 3.05) is 12.3 Å². The first-order valence-electron chi connectivity index (χ1n) is 7.39. The van der Waals surface area contributed by atoms with Crippen LogP contribution in [0.5, 0.6) is 0 Å². The zero-order chi connectivity index (χ0) is 14.5. The summed E-state index contributed by atoms with van der Waals surface area (Å²) in [6.45, 7) is 2.90. The fraction of sp³-hybridized carbons (Fsp3) is 0.562. The van der Waals surface area contributed by atoms with Crippen molar-refractivity contribution in [3.8, 4) is 0 Å². The van der Waals surface area contributed by atoms with Gasteiger partial charge in [0.25, 0.3) is 5.91 Å². The molecule has 0 bridgehead atoms. The Labute approximate surface area is 119 Å². The van der Waals surface area contributed by atoms with Crippen molar-refractivity contribution in [3.63, 3.8) is 0 Å². The van der Waals surface area contributed by atoms with Crippen molar-refractivity contribution in [2.45, 2.75) is 39.0 Å². The van der Waals surface area contributed by atoms with Crippen LogP contribution in [0, 0.1) is 17.7 Å². The summed E-state index contributed by atoms with van der Waals surface area (Å²) in [6, 6.07) is 4.15. The first-order chi connectivity index (χ1) is 9.56. The highest BCUT2D eigenvalue weighted by Gasteiger charge is 2.19. The van der Waals surface area contributed by atoms with Crippen LogP contribution in [0.25, 0.3) is 0 Å². The zero-order valence-corrected chi connectivity index (χ0v) is 12.0. The Hall–Kier alpha value is -1.58. The Bertz CT molecular complexity index is 476. The normalized spacial score (nSPS) is 22.5. The standard InChI is InChI=1S/C16H23FN2O/c1-11-3-2-4-12(9-11)7-8-19-16(20)14-6-5-13(18)10-15(14)17/h5-6,10-12H,2-4,7-9,18H2,1H3,(H,19,20). The number of halogens is 1. The van der Waals surface area contributed by atoms with Crippen LogP contribution in [-0.2, 0) is 0 Å². The number of amides is 1. The number of benzene rings is 1. The maximum atomic E-state index is 13.6. The molecule has 1 aliphatic rings. The molecule has 4 heteroatoms. The molecular weight excluding hydrogens is 255 g/mol. The van der Waals surface area contributed by atoms with Gasteiger partial charge < -0.3 is 11.1 Å². The van der Waals surface area contributed by atoms with Crippen LogP contribution in [0.3, 0.4) is 0 Å². The van der Waals surface area contributed by atoms with Gasteiger partial charge in [-0.25, -0.2) is 4.39 Å². The molecule has 1 amide bonds. The Morgan fingerprint density at radius 2 is 2.25 bits per heavy atom. The number of nitrogens with one attached hydrogen (secondary N) is 1. The number of carbonyl (C=O) groups is 1. The average Bonchev–Trinajstić information content (AvgIpc) is 2.38. The van der Waals surface area contributed by atoms with Crippen molar-refractivity contribution < 1.29 is 9.18 Å². The summed E-state index contributed by atoms with van der Waals surface area (Å²) in [5.41, 5.74) is 5.86. The van der Waals surface area contributed by atoms with Gasteiger partial charge in [0, 0.05) is 12.2 Å². The van der Waals surface area contributed by atoms with Gasteiger partial charge in [-0.3, -0.25) is 4.79 Å². The zero-order valence-electron chi connectivity index (χ0n) is 12.0. The fourth-order valence-electron chi connectivity index (χ4n) is 3.02. The lowest BCUT2D eigenvalue weighted by Gasteiger charge is -2.26. The minimum Gasteiger partial charge on any atom is -0.399 e. The van der Waals surface area contributed by atoms with E-state index in [2.05, 4.69) is 12.2 Å². The smallest absolute Gasteiger partial charge is 0.254 e. The van der Waals surface area contributed by atoms with Gasteiger partial charge in [-0.15, -0.1) is 0 Å². The summed E-state index contributed by atoms with van der Waals surface area (Å²) < 4.78 is 13.6. The molecule has 2 unspecified atom stereocenters. The third kappa shape index (κ3) is 3.95. The Morgan fingerprint density at radius 3 is 2.95 bits per heavy atom. The van der Waals surface area contributed by atoms with Crippen molar-refractivity contribution >= 4 is 11.6 Å². The van der Waals surface area contributed by atoms with Gasteiger partial charge in [-0.1, -0.05) is 26.2 Å². The van der Waals surface area contributed by atoms with Crippen molar-refractivity contribution in [1.29, 1.82) is 0 Å². The number of rotatable bonds is 4. The fourth-order valence-corrected chi connectivity index (χ4v) is 3.02. The highest BCUT2D eigenvalue weighted by molar-refractivity contribution is 5.94. The quantitative estimate of drug-likeness (QED) is 0.830. The number of nitrogens with two attached hydrogens (primary N) is 1. The van der Waals surface area contributed by atoms with E-state index < -0.39 is 5.82 Å². The molecule has 1 fully saturated rings. The molecule has 1 aliphatic carbocycles. The Kier molecular flexibility index (Phi) is 4.99. The highest BCUT2D eigenvalue weighted by atomic mass is 19.1. The predicted molar refractivity (Wildman–Crippen MR) is 78.9 cm³/mol. The van der Waals surface area contributed by atoms with E-state index in [1.54, 1.807) is 6.07 Å². The van der Waals surface area contributed by atoms with E-state index >= 15 is 0 Å². The second-order valence-corrected chi connectivity index (χ2v) is 5.92.